The van der Waals surface area contributed by atoms with Crippen molar-refractivity contribution in [3.8, 4) is 0 Å². The van der Waals surface area contributed by atoms with Crippen LogP contribution in [-0.4, -0.2) is 4.61 Å². The summed E-state index contributed by atoms with van der Waals surface area (Å²) in [5.41, 5.74) is 0. The van der Waals surface area contributed by atoms with Gasteiger partial charge in [0.25, 0.3) is 0 Å². The van der Waals surface area contributed by atoms with Crippen LogP contribution in [-0.2, 0) is 17.9 Å². The van der Waals surface area contributed by atoms with Crippen molar-refractivity contribution in [2.75, 3.05) is 0 Å². The third-order valence-corrected chi connectivity index (χ3v) is 0.455. The number of hydrogen-bond acceptors (Lipinski definition) is 0. The van der Waals surface area contributed by atoms with Gasteiger partial charge in [0.05, 0.1) is 0 Å². The first-order valence-corrected chi connectivity index (χ1v) is 4.65. The van der Waals surface area contributed by atoms with E-state index < -0.39 is 0 Å². The Morgan fingerprint density at radius 2 is 2.00 bits per heavy atom. The van der Waals surface area contributed by atoms with Gasteiger partial charge in [0.2, 0.25) is 0 Å². The van der Waals surface area contributed by atoms with Crippen molar-refractivity contribution >= 4 is 4.61 Å². The Balaban J connectivity index is 0. The minimum absolute atomic E-state index is 1.04. The second-order valence-electron chi connectivity index (χ2n) is 1.43. The Morgan fingerprint density at radius 1 is 1.62 bits per heavy atom. The molecule has 0 aromatic rings. The van der Waals surface area contributed by atoms with Crippen molar-refractivity contribution in [3.63, 3.8) is 0 Å². The van der Waals surface area contributed by atoms with Crippen LogP contribution in [0, 0.1) is 6.58 Å². The Morgan fingerprint density at radius 3 is 2.00 bits per heavy atom. The van der Waals surface area contributed by atoms with E-state index in [-0.39, 0.29) is 0 Å². The molecule has 0 saturated heterocycles. The normalized spacial score (nSPS) is 6.50. The minimum Gasteiger partial charge on any atom is -0.518 e. The number of hydrogen-bond donors (Lipinski definition) is 0. The van der Waals surface area contributed by atoms with Crippen molar-refractivity contribution < 1.29 is 17.9 Å². The Bertz CT molecular complexity index is 48.3. The summed E-state index contributed by atoms with van der Waals surface area (Å²) in [6.07, 6.45) is 3.89. The fraction of sp³-hybridized carbons (Fsp3) is 0.571. The van der Waals surface area contributed by atoms with E-state index in [4.69, 9.17) is 6.58 Å². The molecule has 0 heterocycles. The van der Waals surface area contributed by atoms with Crippen molar-refractivity contribution in [1.82, 2.24) is 0 Å². The smallest absolute Gasteiger partial charge is 0.0554 e. The first kappa shape index (κ1) is 11.1. The molecule has 0 aromatic carbocycles. The minimum atomic E-state index is 1.04. The van der Waals surface area contributed by atoms with Gasteiger partial charge in [-0.3, -0.25) is 6.08 Å². The van der Waals surface area contributed by atoms with Crippen LogP contribution < -0.4 is 0 Å². The molecule has 0 fully saturated rings. The van der Waals surface area contributed by atoms with Crippen molar-refractivity contribution in [2.45, 2.75) is 26.7 Å². The predicted molar refractivity (Wildman–Crippen MR) is 35.5 cm³/mol. The van der Waals surface area contributed by atoms with E-state index in [9.17, 15) is 0 Å². The predicted octanol–water partition coefficient (Wildman–Crippen LogP) is 2.13. The van der Waals surface area contributed by atoms with Gasteiger partial charge in [-0.05, 0) is 0 Å². The van der Waals surface area contributed by atoms with E-state index in [1.165, 1.54) is 17.9 Å². The first-order valence-electron chi connectivity index (χ1n) is 2.93. The van der Waals surface area contributed by atoms with Crippen LogP contribution in [0.2, 0.25) is 0 Å². The largest absolute Gasteiger partial charge is 0.518 e. The zero-order valence-corrected chi connectivity index (χ0v) is 8.82. The van der Waals surface area contributed by atoms with Crippen LogP contribution in [0.1, 0.15) is 26.7 Å². The molecule has 0 amide bonds. The van der Waals surface area contributed by atoms with E-state index in [1.807, 2.05) is 0 Å². The van der Waals surface area contributed by atoms with Crippen molar-refractivity contribution in [2.24, 2.45) is 0 Å². The van der Waals surface area contributed by atoms with E-state index in [0.29, 0.717) is 0 Å². The summed E-state index contributed by atoms with van der Waals surface area (Å²) in [6.45, 7) is 9.17. The molecule has 0 aliphatic carbocycles. The van der Waals surface area contributed by atoms with Crippen LogP contribution in [0.3, 0.4) is 0 Å². The summed E-state index contributed by atoms with van der Waals surface area (Å²) in [5.74, 6) is 0. The fourth-order valence-electron chi connectivity index (χ4n) is 0.167. The molecular formula is C7H13Zn-. The van der Waals surface area contributed by atoms with Crippen molar-refractivity contribution in [1.29, 1.82) is 0 Å². The average Bonchev–Trinajstić information content (AvgIpc) is 1.71. The second kappa shape index (κ2) is 15.7. The quantitative estimate of drug-likeness (QED) is 0.431. The Labute approximate surface area is 62.2 Å². The van der Waals surface area contributed by atoms with Crippen molar-refractivity contribution in [3.05, 3.63) is 12.7 Å². The zero-order valence-electron chi connectivity index (χ0n) is 5.85. The van der Waals surface area contributed by atoms with E-state index >= 15 is 0 Å². The summed E-state index contributed by atoms with van der Waals surface area (Å²) in [4.78, 5) is 0. The van der Waals surface area contributed by atoms with Crippen LogP contribution in [0.5, 0.6) is 0 Å². The first-order chi connectivity index (χ1) is 3.83. The number of rotatable bonds is 2. The van der Waals surface area contributed by atoms with Gasteiger partial charge < -0.3 is 6.58 Å². The molecule has 0 aliphatic rings. The maximum atomic E-state index is 5.01. The molecule has 0 rings (SSSR count). The van der Waals surface area contributed by atoms with Gasteiger partial charge in [0.1, 0.15) is 0 Å². The van der Waals surface area contributed by atoms with Gasteiger partial charge in [-0.2, -0.15) is 0 Å². The average molecular weight is 163 g/mol. The molecule has 0 aromatic heterocycles. The van der Waals surface area contributed by atoms with Crippen LogP contribution >= 0.6 is 0 Å². The van der Waals surface area contributed by atoms with Gasteiger partial charge >= 0.3 is 29.4 Å². The maximum Gasteiger partial charge on any atom is -0.0554 e. The monoisotopic (exact) mass is 161 g/mol. The number of allylic oxidation sites excluding steroid dienone is 1. The molecule has 0 bridgehead atoms. The standard InChI is InChI=1S/C5H9.C2H4.Zn/c1-3-5-4-2;1-2;/h1,3H,4-5H2,2H3;1H,2H3;/q-1;;. The summed E-state index contributed by atoms with van der Waals surface area (Å²) in [6, 6.07) is 0. The zero-order chi connectivity index (χ0) is 6.83. The molecule has 0 spiro atoms. The molecule has 0 saturated carbocycles. The summed E-state index contributed by atoms with van der Waals surface area (Å²) < 4.78 is 2.12. The van der Waals surface area contributed by atoms with E-state index in [1.54, 1.807) is 6.08 Å². The van der Waals surface area contributed by atoms with E-state index in [0.717, 1.165) is 12.8 Å². The van der Waals surface area contributed by atoms with E-state index in [2.05, 4.69) is 18.5 Å². The van der Waals surface area contributed by atoms with Crippen LogP contribution in [0.25, 0.3) is 0 Å². The molecule has 44 valence electrons. The van der Waals surface area contributed by atoms with Gasteiger partial charge in [-0.15, -0.1) is 0 Å². The van der Waals surface area contributed by atoms with Gasteiger partial charge in [0, 0.05) is 0 Å². The maximum absolute atomic E-state index is 5.01. The molecule has 0 N–H and O–H groups in total. The molecule has 8 heavy (non-hydrogen) atoms. The molecule has 0 aliphatic heterocycles. The topological polar surface area (TPSA) is 0 Å². The third kappa shape index (κ3) is 34.2. The SMILES string of the molecule is C[CH]=[Zn].[CH-]=CCCC. The van der Waals surface area contributed by atoms with Gasteiger partial charge in [-0.1, -0.05) is 19.8 Å². The van der Waals surface area contributed by atoms with Gasteiger partial charge in [0.15, 0.2) is 0 Å². The van der Waals surface area contributed by atoms with Crippen LogP contribution in [0.15, 0.2) is 6.08 Å². The fourth-order valence-corrected chi connectivity index (χ4v) is 0.167. The molecule has 0 atom stereocenters. The molecule has 1 heteroatoms. The molecule has 0 unspecified atom stereocenters. The summed E-state index contributed by atoms with van der Waals surface area (Å²) in [7, 11) is 0. The molecular weight excluding hydrogens is 149 g/mol. The van der Waals surface area contributed by atoms with Crippen LogP contribution in [0.4, 0.5) is 0 Å². The third-order valence-electron chi connectivity index (χ3n) is 0.455. The molecule has 0 nitrogen and oxygen atoms in total. The molecule has 0 radical (unpaired) electrons. The summed E-state index contributed by atoms with van der Waals surface area (Å²) >= 11 is 1.32. The Hall–Kier alpha value is 0.233. The second-order valence-corrected chi connectivity index (χ2v) is 3.15. The van der Waals surface area contributed by atoms with Gasteiger partial charge in [-0.25, -0.2) is 0 Å². The Kier molecular flexibility index (Phi) is 21.7. The number of unbranched alkanes of at least 4 members (excludes halogenated alkanes) is 1. The summed E-state index contributed by atoms with van der Waals surface area (Å²) in [5, 5.41) is 0.